The molecule has 0 aliphatic carbocycles. The maximum atomic E-state index is 12.9. The van der Waals surface area contributed by atoms with Crippen molar-refractivity contribution in [2.45, 2.75) is 24.2 Å². The Morgan fingerprint density at radius 3 is 2.58 bits per heavy atom. The summed E-state index contributed by atoms with van der Waals surface area (Å²) in [5.74, 6) is 0.802. The molecular formula is C17H25N3O5S. The minimum atomic E-state index is -3.63. The van der Waals surface area contributed by atoms with Gasteiger partial charge in [-0.2, -0.15) is 4.31 Å². The summed E-state index contributed by atoms with van der Waals surface area (Å²) >= 11 is 0. The first-order valence-corrected chi connectivity index (χ1v) is 10.3. The third-order valence-corrected chi connectivity index (χ3v) is 6.52. The molecule has 2 heterocycles. The molecule has 1 aromatic rings. The van der Waals surface area contributed by atoms with E-state index in [0.29, 0.717) is 63.7 Å². The van der Waals surface area contributed by atoms with Crippen LogP contribution in [0.25, 0.3) is 0 Å². The van der Waals surface area contributed by atoms with Crippen molar-refractivity contribution < 1.29 is 22.7 Å². The molecule has 144 valence electrons. The molecule has 2 aliphatic rings. The van der Waals surface area contributed by atoms with Gasteiger partial charge in [0, 0.05) is 44.6 Å². The van der Waals surface area contributed by atoms with E-state index < -0.39 is 10.0 Å². The van der Waals surface area contributed by atoms with Crippen LogP contribution >= 0.6 is 0 Å². The number of hydrogen-bond acceptors (Lipinski definition) is 6. The highest BCUT2D eigenvalue weighted by molar-refractivity contribution is 7.89. The van der Waals surface area contributed by atoms with Crippen molar-refractivity contribution in [3.8, 4) is 11.5 Å². The SMILES string of the molecule is NCCNC(=O)C1CCN(S(=O)(=O)c2ccc3c(c2)OCCCO3)CC1. The number of fused-ring (bicyclic) bond motifs is 1. The first kappa shape index (κ1) is 18.9. The van der Waals surface area contributed by atoms with Gasteiger partial charge in [0.2, 0.25) is 15.9 Å². The Morgan fingerprint density at radius 1 is 1.19 bits per heavy atom. The number of rotatable bonds is 5. The van der Waals surface area contributed by atoms with Crippen LogP contribution in [0, 0.1) is 5.92 Å². The monoisotopic (exact) mass is 383 g/mol. The first-order chi connectivity index (χ1) is 12.5. The largest absolute Gasteiger partial charge is 0.490 e. The fourth-order valence-corrected chi connectivity index (χ4v) is 4.64. The fourth-order valence-electron chi connectivity index (χ4n) is 3.15. The van der Waals surface area contributed by atoms with Crippen molar-refractivity contribution in [2.75, 3.05) is 39.4 Å². The van der Waals surface area contributed by atoms with Crippen LogP contribution in [-0.2, 0) is 14.8 Å². The maximum Gasteiger partial charge on any atom is 0.243 e. The highest BCUT2D eigenvalue weighted by atomic mass is 32.2. The number of carbonyl (C=O) groups excluding carboxylic acids is 1. The molecule has 2 aliphatic heterocycles. The number of carbonyl (C=O) groups is 1. The van der Waals surface area contributed by atoms with E-state index in [1.54, 1.807) is 12.1 Å². The third kappa shape index (κ3) is 4.11. The van der Waals surface area contributed by atoms with Crippen molar-refractivity contribution >= 4 is 15.9 Å². The van der Waals surface area contributed by atoms with E-state index in [1.807, 2.05) is 0 Å². The number of piperidine rings is 1. The minimum Gasteiger partial charge on any atom is -0.490 e. The van der Waals surface area contributed by atoms with E-state index in [4.69, 9.17) is 15.2 Å². The first-order valence-electron chi connectivity index (χ1n) is 8.90. The van der Waals surface area contributed by atoms with Gasteiger partial charge in [0.1, 0.15) is 0 Å². The van der Waals surface area contributed by atoms with Crippen LogP contribution in [0.4, 0.5) is 0 Å². The molecule has 8 nitrogen and oxygen atoms in total. The zero-order chi connectivity index (χ0) is 18.6. The zero-order valence-electron chi connectivity index (χ0n) is 14.6. The zero-order valence-corrected chi connectivity index (χ0v) is 15.5. The molecule has 0 bridgehead atoms. The van der Waals surface area contributed by atoms with Crippen LogP contribution in [0.3, 0.4) is 0 Å². The normalized spacial score (nSPS) is 19.0. The topological polar surface area (TPSA) is 111 Å². The summed E-state index contributed by atoms with van der Waals surface area (Å²) in [5.41, 5.74) is 5.39. The van der Waals surface area contributed by atoms with Crippen LogP contribution in [0.5, 0.6) is 11.5 Å². The molecule has 9 heteroatoms. The molecule has 0 atom stereocenters. The average Bonchev–Trinajstić information content (AvgIpc) is 2.91. The van der Waals surface area contributed by atoms with E-state index in [-0.39, 0.29) is 16.7 Å². The number of hydrogen-bond donors (Lipinski definition) is 2. The minimum absolute atomic E-state index is 0.0527. The van der Waals surface area contributed by atoms with Crippen molar-refractivity contribution in [3.63, 3.8) is 0 Å². The van der Waals surface area contributed by atoms with E-state index in [0.717, 1.165) is 6.42 Å². The molecular weight excluding hydrogens is 358 g/mol. The van der Waals surface area contributed by atoms with Gasteiger partial charge in [-0.05, 0) is 25.0 Å². The van der Waals surface area contributed by atoms with E-state index in [1.165, 1.54) is 10.4 Å². The second-order valence-electron chi connectivity index (χ2n) is 6.42. The number of ether oxygens (including phenoxy) is 2. The molecule has 1 fully saturated rings. The molecule has 1 amide bonds. The highest BCUT2D eigenvalue weighted by Gasteiger charge is 2.32. The predicted octanol–water partition coefficient (Wildman–Crippen LogP) is 0.323. The molecule has 26 heavy (non-hydrogen) atoms. The van der Waals surface area contributed by atoms with Crippen molar-refractivity contribution in [1.29, 1.82) is 0 Å². The third-order valence-electron chi connectivity index (χ3n) is 4.63. The summed E-state index contributed by atoms with van der Waals surface area (Å²) in [5, 5.41) is 2.77. The second-order valence-corrected chi connectivity index (χ2v) is 8.36. The van der Waals surface area contributed by atoms with Gasteiger partial charge < -0.3 is 20.5 Å². The van der Waals surface area contributed by atoms with Gasteiger partial charge in [0.25, 0.3) is 0 Å². The van der Waals surface area contributed by atoms with Gasteiger partial charge >= 0.3 is 0 Å². The Hall–Kier alpha value is -1.84. The summed E-state index contributed by atoms with van der Waals surface area (Å²) in [6.45, 7) is 2.52. The lowest BCUT2D eigenvalue weighted by atomic mass is 9.97. The Bertz CT molecular complexity index is 745. The lowest BCUT2D eigenvalue weighted by Gasteiger charge is -2.30. The second kappa shape index (κ2) is 8.24. The molecule has 1 aromatic carbocycles. The quantitative estimate of drug-likeness (QED) is 0.758. The van der Waals surface area contributed by atoms with Gasteiger partial charge in [-0.1, -0.05) is 0 Å². The molecule has 3 rings (SSSR count). The van der Waals surface area contributed by atoms with Crippen molar-refractivity contribution in [2.24, 2.45) is 11.7 Å². The number of nitrogens with two attached hydrogens (primary N) is 1. The summed E-state index contributed by atoms with van der Waals surface area (Å²) in [4.78, 5) is 12.2. The molecule has 1 saturated heterocycles. The van der Waals surface area contributed by atoms with E-state index in [9.17, 15) is 13.2 Å². The van der Waals surface area contributed by atoms with Crippen LogP contribution < -0.4 is 20.5 Å². The van der Waals surface area contributed by atoms with Crippen molar-refractivity contribution in [1.82, 2.24) is 9.62 Å². The van der Waals surface area contributed by atoms with Gasteiger partial charge in [0.05, 0.1) is 18.1 Å². The Morgan fingerprint density at radius 2 is 1.88 bits per heavy atom. The van der Waals surface area contributed by atoms with Crippen LogP contribution in [-0.4, -0.2) is 58.0 Å². The molecule has 3 N–H and O–H groups in total. The summed E-state index contributed by atoms with van der Waals surface area (Å²) in [6.07, 6.45) is 1.76. The lowest BCUT2D eigenvalue weighted by Crippen LogP contribution is -2.43. The Labute approximate surface area is 153 Å². The smallest absolute Gasteiger partial charge is 0.243 e. The Balaban J connectivity index is 1.68. The molecule has 0 spiro atoms. The van der Waals surface area contributed by atoms with Gasteiger partial charge in [-0.25, -0.2) is 8.42 Å². The highest BCUT2D eigenvalue weighted by Crippen LogP contribution is 2.33. The fraction of sp³-hybridized carbons (Fsp3) is 0.588. The maximum absolute atomic E-state index is 12.9. The lowest BCUT2D eigenvalue weighted by molar-refractivity contribution is -0.126. The van der Waals surface area contributed by atoms with E-state index >= 15 is 0 Å². The standard InChI is InChI=1S/C17H25N3O5S/c18-6-7-19-17(21)13-4-8-20(9-5-13)26(22,23)14-2-3-15-16(12-14)25-11-1-10-24-15/h2-3,12-13H,1,4-11,18H2,(H,19,21). The van der Waals surface area contributed by atoms with Crippen LogP contribution in [0.1, 0.15) is 19.3 Å². The van der Waals surface area contributed by atoms with Gasteiger partial charge in [0.15, 0.2) is 11.5 Å². The van der Waals surface area contributed by atoms with Crippen LogP contribution in [0.15, 0.2) is 23.1 Å². The predicted molar refractivity (Wildman–Crippen MR) is 95.6 cm³/mol. The van der Waals surface area contributed by atoms with Gasteiger partial charge in [-0.15, -0.1) is 0 Å². The number of nitrogens with one attached hydrogen (secondary N) is 1. The summed E-state index contributed by atoms with van der Waals surface area (Å²) in [6, 6.07) is 4.71. The van der Waals surface area contributed by atoms with Crippen molar-refractivity contribution in [3.05, 3.63) is 18.2 Å². The van der Waals surface area contributed by atoms with Gasteiger partial charge in [-0.3, -0.25) is 4.79 Å². The van der Waals surface area contributed by atoms with Crippen LogP contribution in [0.2, 0.25) is 0 Å². The number of benzene rings is 1. The molecule has 0 saturated carbocycles. The van der Waals surface area contributed by atoms with E-state index in [2.05, 4.69) is 5.32 Å². The summed E-state index contributed by atoms with van der Waals surface area (Å²) in [7, 11) is -3.63. The molecule has 0 aromatic heterocycles. The molecule has 0 unspecified atom stereocenters. The Kier molecular flexibility index (Phi) is 6.00. The number of amides is 1. The molecule has 0 radical (unpaired) electrons. The summed E-state index contributed by atoms with van der Waals surface area (Å²) < 4.78 is 38.4. The number of nitrogens with zero attached hydrogens (tertiary/aromatic N) is 1. The number of sulfonamides is 1. The average molecular weight is 383 g/mol.